The molecule has 0 aromatic heterocycles. The smallest absolute Gasteiger partial charge is 0.0247 e. The van der Waals surface area contributed by atoms with Crippen molar-refractivity contribution in [2.24, 2.45) is 5.73 Å². The van der Waals surface area contributed by atoms with Gasteiger partial charge in [-0.1, -0.05) is 0 Å². The molecule has 2 bridgehead atoms. The average Bonchev–Trinajstić information content (AvgIpc) is 2.13. The molecule has 10 heavy (non-hydrogen) atoms. The molecule has 0 aromatic rings. The Morgan fingerprint density at radius 1 is 1.20 bits per heavy atom. The summed E-state index contributed by atoms with van der Waals surface area (Å²) in [5.41, 5.74) is 5.96. The highest BCUT2D eigenvalue weighted by atomic mass is 15.2. The monoisotopic (exact) mass is 140 g/mol. The fourth-order valence-electron chi connectivity index (χ4n) is 2.48. The summed E-state index contributed by atoms with van der Waals surface area (Å²) in [6.07, 6.45) is 5.30. The van der Waals surface area contributed by atoms with Crippen LogP contribution in [0.2, 0.25) is 0 Å². The van der Waals surface area contributed by atoms with Crippen LogP contribution in [-0.2, 0) is 0 Å². The van der Waals surface area contributed by atoms with Crippen molar-refractivity contribution in [2.45, 2.75) is 43.8 Å². The van der Waals surface area contributed by atoms with Crippen LogP contribution < -0.4 is 5.73 Å². The van der Waals surface area contributed by atoms with E-state index in [-0.39, 0.29) is 0 Å². The van der Waals surface area contributed by atoms with Crippen molar-refractivity contribution >= 4 is 0 Å². The minimum absolute atomic E-state index is 0.462. The molecule has 2 nitrogen and oxygen atoms in total. The number of likely N-dealkylation sites (N-methyl/N-ethyl adjacent to an activating group) is 1. The molecule has 0 spiro atoms. The van der Waals surface area contributed by atoms with E-state index in [9.17, 15) is 0 Å². The number of rotatable bonds is 0. The Morgan fingerprint density at radius 3 is 2.60 bits per heavy atom. The third-order valence-electron chi connectivity index (χ3n) is 3.22. The molecule has 58 valence electrons. The van der Waals surface area contributed by atoms with Crippen LogP contribution >= 0.6 is 0 Å². The van der Waals surface area contributed by atoms with E-state index in [1.54, 1.807) is 0 Å². The van der Waals surface area contributed by atoms with Crippen LogP contribution in [0.4, 0.5) is 0 Å². The summed E-state index contributed by atoms with van der Waals surface area (Å²) in [7, 11) is 2.22. The van der Waals surface area contributed by atoms with Crippen LogP contribution in [0.3, 0.4) is 0 Å². The molecule has 2 heteroatoms. The van der Waals surface area contributed by atoms with Crippen molar-refractivity contribution < 1.29 is 0 Å². The van der Waals surface area contributed by atoms with Crippen LogP contribution in [0.15, 0.2) is 0 Å². The maximum absolute atomic E-state index is 5.96. The minimum atomic E-state index is 0.462. The third kappa shape index (κ3) is 0.789. The number of hydrogen-bond acceptors (Lipinski definition) is 2. The van der Waals surface area contributed by atoms with E-state index >= 15 is 0 Å². The highest BCUT2D eigenvalue weighted by molar-refractivity contribution is 4.96. The van der Waals surface area contributed by atoms with Gasteiger partial charge in [-0.05, 0) is 32.7 Å². The lowest BCUT2D eigenvalue weighted by Crippen LogP contribution is -2.48. The quantitative estimate of drug-likeness (QED) is 0.533. The Hall–Kier alpha value is -0.0800. The number of piperidine rings is 1. The van der Waals surface area contributed by atoms with Crippen LogP contribution in [0, 0.1) is 0 Å². The highest BCUT2D eigenvalue weighted by Gasteiger charge is 2.37. The van der Waals surface area contributed by atoms with E-state index < -0.39 is 0 Å². The zero-order valence-electron chi connectivity index (χ0n) is 6.59. The van der Waals surface area contributed by atoms with Gasteiger partial charge >= 0.3 is 0 Å². The van der Waals surface area contributed by atoms with E-state index in [0.29, 0.717) is 12.1 Å². The number of nitrogens with zero attached hydrogens (tertiary/aromatic N) is 1. The maximum atomic E-state index is 5.96. The van der Waals surface area contributed by atoms with Crippen LogP contribution in [-0.4, -0.2) is 30.1 Å². The zero-order valence-corrected chi connectivity index (χ0v) is 6.59. The SMILES string of the molecule is CN1[C@@H]2CC[C@@H](N)[C@@H]1CC2. The van der Waals surface area contributed by atoms with E-state index in [0.717, 1.165) is 6.04 Å². The van der Waals surface area contributed by atoms with Crippen LogP contribution in [0.5, 0.6) is 0 Å². The van der Waals surface area contributed by atoms with Crippen LogP contribution in [0.1, 0.15) is 25.7 Å². The summed E-state index contributed by atoms with van der Waals surface area (Å²) in [4.78, 5) is 2.48. The Bertz CT molecular complexity index is 135. The molecule has 2 fully saturated rings. The predicted octanol–water partition coefficient (Wildman–Crippen LogP) is 0.570. The molecule has 0 aliphatic carbocycles. The van der Waals surface area contributed by atoms with Gasteiger partial charge in [0.2, 0.25) is 0 Å². The van der Waals surface area contributed by atoms with Gasteiger partial charge in [0, 0.05) is 18.1 Å². The fraction of sp³-hybridized carbons (Fsp3) is 1.00. The zero-order chi connectivity index (χ0) is 7.14. The molecule has 2 saturated heterocycles. The molecule has 2 heterocycles. The molecule has 0 aromatic carbocycles. The van der Waals surface area contributed by atoms with Crippen molar-refractivity contribution in [3.05, 3.63) is 0 Å². The van der Waals surface area contributed by atoms with E-state index in [4.69, 9.17) is 5.73 Å². The normalized spacial score (nSPS) is 48.0. The van der Waals surface area contributed by atoms with E-state index in [1.165, 1.54) is 25.7 Å². The predicted molar refractivity (Wildman–Crippen MR) is 41.8 cm³/mol. The van der Waals surface area contributed by atoms with Gasteiger partial charge in [-0.3, -0.25) is 4.90 Å². The van der Waals surface area contributed by atoms with Gasteiger partial charge in [-0.15, -0.1) is 0 Å². The van der Waals surface area contributed by atoms with Gasteiger partial charge in [-0.2, -0.15) is 0 Å². The van der Waals surface area contributed by atoms with Gasteiger partial charge < -0.3 is 5.73 Å². The fourth-order valence-corrected chi connectivity index (χ4v) is 2.48. The molecule has 3 atom stereocenters. The van der Waals surface area contributed by atoms with Crippen LogP contribution in [0.25, 0.3) is 0 Å². The summed E-state index contributed by atoms with van der Waals surface area (Å²) in [6, 6.07) is 2.03. The molecule has 0 radical (unpaired) electrons. The van der Waals surface area contributed by atoms with E-state index in [2.05, 4.69) is 11.9 Å². The summed E-state index contributed by atoms with van der Waals surface area (Å²) >= 11 is 0. The van der Waals surface area contributed by atoms with Gasteiger partial charge in [0.25, 0.3) is 0 Å². The third-order valence-corrected chi connectivity index (χ3v) is 3.22. The second-order valence-electron chi connectivity index (χ2n) is 3.71. The Morgan fingerprint density at radius 2 is 1.90 bits per heavy atom. The largest absolute Gasteiger partial charge is 0.326 e. The van der Waals surface area contributed by atoms with Gasteiger partial charge in [0.1, 0.15) is 0 Å². The van der Waals surface area contributed by atoms with Crippen molar-refractivity contribution in [1.82, 2.24) is 4.90 Å². The second kappa shape index (κ2) is 2.21. The Labute approximate surface area is 62.4 Å². The standard InChI is InChI=1S/C8H16N2/c1-10-6-2-4-7(9)8(10)5-3-6/h6-8H,2-5,9H2,1H3/t6-,7-,8+/m1/s1. The molecular weight excluding hydrogens is 124 g/mol. The second-order valence-corrected chi connectivity index (χ2v) is 3.71. The molecule has 0 amide bonds. The highest BCUT2D eigenvalue weighted by Crippen LogP contribution is 2.32. The first-order valence-corrected chi connectivity index (χ1v) is 4.26. The molecule has 2 aliphatic heterocycles. The van der Waals surface area contributed by atoms with Gasteiger partial charge in [0.05, 0.1) is 0 Å². The van der Waals surface area contributed by atoms with Gasteiger partial charge in [-0.25, -0.2) is 0 Å². The minimum Gasteiger partial charge on any atom is -0.326 e. The Balaban J connectivity index is 2.13. The molecule has 2 aliphatic rings. The molecule has 0 unspecified atom stereocenters. The molecular formula is C8H16N2. The lowest BCUT2D eigenvalue weighted by molar-refractivity contribution is 0.158. The summed E-state index contributed by atoms with van der Waals surface area (Å²) in [5.74, 6) is 0. The van der Waals surface area contributed by atoms with E-state index in [1.807, 2.05) is 0 Å². The first-order valence-electron chi connectivity index (χ1n) is 4.26. The lowest BCUT2D eigenvalue weighted by atomic mass is 9.99. The van der Waals surface area contributed by atoms with Crippen molar-refractivity contribution in [1.29, 1.82) is 0 Å². The number of nitrogens with two attached hydrogens (primary N) is 1. The topological polar surface area (TPSA) is 29.3 Å². The number of fused-ring (bicyclic) bond motifs is 2. The summed E-state index contributed by atoms with van der Waals surface area (Å²) in [6.45, 7) is 0. The molecule has 2 rings (SSSR count). The lowest BCUT2D eigenvalue weighted by Gasteiger charge is -2.35. The first-order chi connectivity index (χ1) is 4.79. The van der Waals surface area contributed by atoms with Gasteiger partial charge in [0.15, 0.2) is 0 Å². The van der Waals surface area contributed by atoms with Crippen molar-refractivity contribution in [3.63, 3.8) is 0 Å². The molecule has 0 saturated carbocycles. The number of hydrogen-bond donors (Lipinski definition) is 1. The Kier molecular flexibility index (Phi) is 1.46. The first kappa shape index (κ1) is 6.62. The van der Waals surface area contributed by atoms with Crippen molar-refractivity contribution in [3.8, 4) is 0 Å². The molecule has 2 N–H and O–H groups in total. The summed E-state index contributed by atoms with van der Waals surface area (Å²) < 4.78 is 0. The average molecular weight is 140 g/mol. The summed E-state index contributed by atoms with van der Waals surface area (Å²) in [5, 5.41) is 0. The van der Waals surface area contributed by atoms with Crippen molar-refractivity contribution in [2.75, 3.05) is 7.05 Å². The maximum Gasteiger partial charge on any atom is 0.0247 e.